The summed E-state index contributed by atoms with van der Waals surface area (Å²) in [5.41, 5.74) is 4.55. The number of rotatable bonds is 15. The van der Waals surface area contributed by atoms with Crippen LogP contribution in [0.25, 0.3) is 22.1 Å². The quantitative estimate of drug-likeness (QED) is 0.0573. The fourth-order valence-corrected chi connectivity index (χ4v) is 17.1. The number of fused-ring (bicyclic) bond motifs is 10. The van der Waals surface area contributed by atoms with Crippen LogP contribution >= 0.6 is 0 Å². The van der Waals surface area contributed by atoms with Gasteiger partial charge < -0.3 is 24.2 Å². The minimum atomic E-state index is -1.11. The summed E-state index contributed by atoms with van der Waals surface area (Å²) in [6.45, 7) is 14.5. The Kier molecular flexibility index (Phi) is 17.0. The molecule has 6 heterocycles. The number of aromatic nitrogens is 4. The third-order valence-electron chi connectivity index (χ3n) is 21.3. The van der Waals surface area contributed by atoms with E-state index < -0.39 is 25.2 Å². The summed E-state index contributed by atoms with van der Waals surface area (Å²) in [5, 5.41) is 20.5. The third-order valence-corrected chi connectivity index (χ3v) is 21.3. The van der Waals surface area contributed by atoms with Gasteiger partial charge in [-0.25, -0.2) is 25.5 Å². The topological polar surface area (TPSA) is 225 Å². The first-order valence-corrected chi connectivity index (χ1v) is 29.8. The Hall–Kier alpha value is -5.36. The number of nitrogens with two attached hydrogens (primary N) is 1. The molecule has 2 aromatic heterocycles. The average molecular weight is 1090 g/mol. The monoisotopic (exact) mass is 1090 g/mol. The molecule has 12 atom stereocenters. The van der Waals surface area contributed by atoms with E-state index >= 15 is 0 Å². The first-order chi connectivity index (χ1) is 37.8. The Balaban J connectivity index is 0.000000163. The predicted molar refractivity (Wildman–Crippen MR) is 304 cm³/mol. The fraction of sp³-hybridized carbons (Fsp3) is 0.677. The second kappa shape index (κ2) is 23.6. The highest BCUT2D eigenvalue weighted by Gasteiger charge is 2.55. The zero-order valence-corrected chi connectivity index (χ0v) is 47.6. The van der Waals surface area contributed by atoms with E-state index in [1.54, 1.807) is 6.92 Å². The molecule has 10 aliphatic rings. The van der Waals surface area contributed by atoms with Gasteiger partial charge in [-0.15, -0.1) is 0 Å². The SMILES string of the molecule is C/C(=N\OCC(=O)O)c1nc2ccccc2n(C2C[C@H]3CCC[C@@H](C2)N3CC[C@@H]2CC[C@H]3C[C@@H]2C3(C)C)c1=O.CC(=O)c1nc2ccccc2n(C2C[C@H]3CCC[C@@H](C2)N3CC[C@@H]2CC[C@H]3C[C@@H]2C3(C)C)c1=O.NOCC(=O)O. The minimum absolute atomic E-state index is 0.0880. The molecule has 0 amide bonds. The highest BCUT2D eigenvalue weighted by atomic mass is 16.6. The Morgan fingerprint density at radius 1 is 0.595 bits per heavy atom. The number of benzene rings is 2. The van der Waals surface area contributed by atoms with Crippen LogP contribution in [0.2, 0.25) is 0 Å². The van der Waals surface area contributed by atoms with Gasteiger partial charge in [0.2, 0.25) is 6.61 Å². The van der Waals surface area contributed by atoms with Crippen molar-refractivity contribution >= 4 is 45.5 Å². The Bertz CT molecular complexity index is 3010. The summed E-state index contributed by atoms with van der Waals surface area (Å²) >= 11 is 0. The maximum atomic E-state index is 13.9. The molecule has 79 heavy (non-hydrogen) atoms. The summed E-state index contributed by atoms with van der Waals surface area (Å²) in [7, 11) is 0. The van der Waals surface area contributed by atoms with Crippen LogP contribution in [0.15, 0.2) is 63.3 Å². The van der Waals surface area contributed by atoms with Gasteiger partial charge in [-0.2, -0.15) is 0 Å². The van der Waals surface area contributed by atoms with Crippen molar-refractivity contribution in [1.29, 1.82) is 0 Å². The van der Waals surface area contributed by atoms with Crippen LogP contribution in [0.5, 0.6) is 0 Å². The van der Waals surface area contributed by atoms with E-state index in [0.29, 0.717) is 40.7 Å². The highest BCUT2D eigenvalue weighted by molar-refractivity contribution is 5.97. The van der Waals surface area contributed by atoms with Gasteiger partial charge in [-0.05, 0) is 193 Å². The number of carbonyl (C=O) groups excluding carboxylic acids is 1. The molecule has 4 saturated heterocycles. The summed E-state index contributed by atoms with van der Waals surface area (Å²) in [6.07, 6.45) is 22.6. The van der Waals surface area contributed by atoms with Crippen molar-refractivity contribution in [2.45, 2.75) is 193 Å². The number of hydrogen-bond donors (Lipinski definition) is 3. The molecule has 4 aliphatic heterocycles. The molecule has 4 aromatic rings. The number of aliphatic carboxylic acids is 2. The van der Waals surface area contributed by atoms with Gasteiger partial charge >= 0.3 is 11.9 Å². The second-order valence-corrected chi connectivity index (χ2v) is 26.0. The zero-order valence-electron chi connectivity index (χ0n) is 47.6. The van der Waals surface area contributed by atoms with Crippen molar-refractivity contribution in [3.63, 3.8) is 0 Å². The van der Waals surface area contributed by atoms with Crippen molar-refractivity contribution in [1.82, 2.24) is 28.9 Å². The molecule has 8 bridgehead atoms. The number of nitrogens with zero attached hydrogens (tertiary/aromatic N) is 7. The molecule has 14 rings (SSSR count). The highest BCUT2D eigenvalue weighted by Crippen LogP contribution is 2.63. The lowest BCUT2D eigenvalue weighted by Crippen LogP contribution is -2.55. The van der Waals surface area contributed by atoms with Gasteiger partial charge in [0.25, 0.3) is 11.1 Å². The fourth-order valence-electron chi connectivity index (χ4n) is 17.1. The van der Waals surface area contributed by atoms with E-state index in [0.717, 1.165) is 83.3 Å². The van der Waals surface area contributed by atoms with Crippen LogP contribution in [0.4, 0.5) is 0 Å². The van der Waals surface area contributed by atoms with Crippen LogP contribution in [-0.2, 0) is 19.3 Å². The maximum Gasteiger partial charge on any atom is 0.344 e. The van der Waals surface area contributed by atoms with Gasteiger partial charge in [0.05, 0.1) is 22.1 Å². The largest absolute Gasteiger partial charge is 0.479 e. The Morgan fingerprint density at radius 2 is 1.01 bits per heavy atom. The lowest BCUT2D eigenvalue weighted by atomic mass is 9.45. The van der Waals surface area contributed by atoms with Gasteiger partial charge in [-0.1, -0.05) is 70.0 Å². The number of carbonyl (C=O) groups is 3. The van der Waals surface area contributed by atoms with E-state index in [-0.39, 0.29) is 40.4 Å². The number of Topliss-reactive ketones (excluding diaryl/α,β-unsaturated/α-hetero) is 1. The number of ketones is 1. The molecule has 2 aromatic carbocycles. The van der Waals surface area contributed by atoms with Gasteiger partial charge in [0, 0.05) is 43.2 Å². The molecule has 0 spiro atoms. The molecule has 2 unspecified atom stereocenters. The van der Waals surface area contributed by atoms with Crippen LogP contribution in [0.1, 0.15) is 185 Å². The van der Waals surface area contributed by atoms with Gasteiger partial charge in [-0.3, -0.25) is 29.0 Å². The number of piperidine rings is 4. The standard InChI is InChI=1S/C31H42N4O4.C29H39N3O2.C2H5NO3/c1-19(33-39-18-28(36)37)29-30(38)35(27-10-5-4-9-26(27)32-29)24-16-22-7-6-8-23(17-24)34(22)14-13-20-11-12-21-15-25(20)31(21,2)3;1-18(33)27-28(34)32(26-10-5-4-9-25(26)30-27)23-16-21-7-6-8-22(17-23)31(21)14-13-19-11-12-20-15-24(19)29(20,2)3;3-6-1-2(4)5/h4-5,9-10,20-25H,6-8,11-18H2,1-3H3,(H,36,37);4-5,9-10,19-24H,6-8,11-17H2,1-3H3;1,3H2,(H,4,5)/b33-19+;;/t20-,21-,22-,23+,24?,25-;19-,20-,21-,22+,23?,24-;/m00./s1. The van der Waals surface area contributed by atoms with Gasteiger partial charge in [0.15, 0.2) is 23.8 Å². The maximum absolute atomic E-state index is 13.9. The van der Waals surface area contributed by atoms with Crippen LogP contribution < -0.4 is 17.0 Å². The molecule has 4 N–H and O–H groups in total. The van der Waals surface area contributed by atoms with E-state index in [2.05, 4.69) is 63.4 Å². The van der Waals surface area contributed by atoms with Crippen LogP contribution in [0.3, 0.4) is 0 Å². The molecule has 17 nitrogen and oxygen atoms in total. The Labute approximate surface area is 464 Å². The van der Waals surface area contributed by atoms with Crippen molar-refractivity contribution in [2.75, 3.05) is 26.3 Å². The first-order valence-electron chi connectivity index (χ1n) is 29.8. The second-order valence-electron chi connectivity index (χ2n) is 26.0. The van der Waals surface area contributed by atoms with E-state index in [1.807, 2.05) is 57.7 Å². The van der Waals surface area contributed by atoms with E-state index in [4.69, 9.17) is 15.1 Å². The molecule has 17 heteroatoms. The normalized spacial score (nSPS) is 31.3. The van der Waals surface area contributed by atoms with E-state index in [1.165, 1.54) is 110 Å². The molecule has 0 radical (unpaired) electrons. The first kappa shape index (κ1) is 56.9. The van der Waals surface area contributed by atoms with Gasteiger partial charge in [0.1, 0.15) is 5.71 Å². The molecule has 428 valence electrons. The van der Waals surface area contributed by atoms with Crippen LogP contribution in [-0.4, -0.2) is 113 Å². The molecule has 10 fully saturated rings. The predicted octanol–water partition coefficient (Wildman–Crippen LogP) is 9.82. The lowest BCUT2D eigenvalue weighted by molar-refractivity contribution is -0.143. The molecule has 6 aliphatic carbocycles. The average Bonchev–Trinajstić information content (AvgIpc) is 3.62. The third kappa shape index (κ3) is 11.5. The van der Waals surface area contributed by atoms with Crippen molar-refractivity contribution in [3.05, 3.63) is 80.6 Å². The number of oxime groups is 1. The van der Waals surface area contributed by atoms with Crippen molar-refractivity contribution in [2.24, 2.45) is 57.4 Å². The molecule has 6 saturated carbocycles. The number of para-hydroxylation sites is 4. The number of hydrogen-bond acceptors (Lipinski definition) is 13. The minimum Gasteiger partial charge on any atom is -0.479 e. The summed E-state index contributed by atoms with van der Waals surface area (Å²) in [5.74, 6) is 7.44. The molecular weight excluding hydrogens is 1000 g/mol. The Morgan fingerprint density at radius 3 is 1.39 bits per heavy atom. The number of carboxylic acid groups (broad SMARTS) is 2. The van der Waals surface area contributed by atoms with E-state index in [9.17, 15) is 24.0 Å². The molecular formula is C62H86N8O9. The smallest absolute Gasteiger partial charge is 0.344 e. The summed E-state index contributed by atoms with van der Waals surface area (Å²) in [4.78, 5) is 83.1. The lowest BCUT2D eigenvalue weighted by Gasteiger charge is -2.60. The van der Waals surface area contributed by atoms with Crippen molar-refractivity contribution < 1.29 is 34.3 Å². The summed E-state index contributed by atoms with van der Waals surface area (Å²) < 4.78 is 3.88. The van der Waals surface area contributed by atoms with Crippen LogP contribution in [0, 0.1) is 46.3 Å². The van der Waals surface area contributed by atoms with Crippen molar-refractivity contribution in [3.8, 4) is 0 Å². The number of carboxylic acids is 2. The zero-order chi connectivity index (χ0) is 55.9. The summed E-state index contributed by atoms with van der Waals surface area (Å²) in [6, 6.07) is 18.0.